The summed E-state index contributed by atoms with van der Waals surface area (Å²) in [4.78, 5) is 0.177. The lowest BCUT2D eigenvalue weighted by molar-refractivity contribution is 0.201. The van der Waals surface area contributed by atoms with Gasteiger partial charge in [0.2, 0.25) is 19.7 Å². The van der Waals surface area contributed by atoms with Gasteiger partial charge in [0.1, 0.15) is 23.4 Å². The molecule has 0 aliphatic heterocycles. The first kappa shape index (κ1) is 45.0. The third-order valence-electron chi connectivity index (χ3n) is 12.7. The van der Waals surface area contributed by atoms with Crippen molar-refractivity contribution in [3.63, 3.8) is 0 Å². The molecular weight excluding hydrogens is 904 g/mol. The molecule has 0 spiro atoms. The average molecular weight is 950 g/mol. The Bertz CT molecular complexity index is 3200. The fourth-order valence-electron chi connectivity index (χ4n) is 8.89. The lowest BCUT2D eigenvalue weighted by atomic mass is 9.68. The van der Waals surface area contributed by atoms with Gasteiger partial charge in [-0.05, 0) is 161 Å². The van der Waals surface area contributed by atoms with Crippen LogP contribution in [0.25, 0.3) is 11.1 Å². The van der Waals surface area contributed by atoms with E-state index in [1.165, 1.54) is 12.1 Å². The molecule has 9 rings (SSSR count). The second-order valence-corrected chi connectivity index (χ2v) is 21.8. The van der Waals surface area contributed by atoms with Gasteiger partial charge in [-0.15, -0.1) is 11.6 Å². The molecule has 0 bridgehead atoms. The van der Waals surface area contributed by atoms with Crippen LogP contribution in [-0.4, -0.2) is 16.8 Å². The summed E-state index contributed by atoms with van der Waals surface area (Å²) in [6, 6.07) is 59.6. The minimum Gasteiger partial charge on any atom is -0.486 e. The number of hydrogen-bond acceptors (Lipinski definition) is 6. The first-order chi connectivity index (χ1) is 31.7. The number of sulfone groups is 2. The zero-order valence-electron chi connectivity index (χ0n) is 36.5. The first-order valence-electron chi connectivity index (χ1n) is 21.8. The lowest BCUT2D eigenvalue weighted by Crippen LogP contribution is -2.28. The van der Waals surface area contributed by atoms with Crippen LogP contribution in [0, 0.1) is 0 Å². The van der Waals surface area contributed by atoms with Crippen molar-refractivity contribution in [2.75, 3.05) is 0 Å². The molecule has 10 heteroatoms. The Morgan fingerprint density at radius 3 is 1.36 bits per heavy atom. The second kappa shape index (κ2) is 17.9. The van der Waals surface area contributed by atoms with Crippen molar-refractivity contribution in [2.45, 2.75) is 69.6 Å². The summed E-state index contributed by atoms with van der Waals surface area (Å²) in [6.07, 6.45) is 1.06. The maximum atomic E-state index is 13.5. The summed E-state index contributed by atoms with van der Waals surface area (Å²) < 4.78 is 66.6. The molecule has 0 radical (unpaired) electrons. The summed E-state index contributed by atoms with van der Waals surface area (Å²) in [5.74, 6) is 1.79. The number of alkyl halides is 1. The maximum Gasteiger partial charge on any atom is 0.206 e. The summed E-state index contributed by atoms with van der Waals surface area (Å²) >= 11 is 12.6. The van der Waals surface area contributed by atoms with Crippen molar-refractivity contribution in [3.8, 4) is 28.4 Å². The SMILES string of the molecule is CCC(Oc1ccc(C2(c3ccc(Oc4ccc(S(=O)(=O)c5ccc(C(C)(Cl)CC)cc5)cc4)cc3)c3ccccc3-c3ccccc32)cc1)c1ccc(S(=O)(=O)c2ccc(Cl)cc2)cc1. The molecule has 0 saturated carbocycles. The quantitative estimate of drug-likeness (QED) is 0.101. The van der Waals surface area contributed by atoms with Gasteiger partial charge in [-0.1, -0.05) is 123 Å². The normalized spacial score (nSPS) is 14.4. The van der Waals surface area contributed by atoms with Gasteiger partial charge in [0, 0.05) is 5.02 Å². The van der Waals surface area contributed by atoms with Gasteiger partial charge in [-0.25, -0.2) is 16.8 Å². The molecule has 8 aromatic carbocycles. The van der Waals surface area contributed by atoms with Crippen molar-refractivity contribution >= 4 is 42.9 Å². The van der Waals surface area contributed by atoms with E-state index in [0.717, 1.165) is 44.5 Å². The predicted molar refractivity (Wildman–Crippen MR) is 263 cm³/mol. The molecule has 0 fully saturated rings. The molecule has 6 nitrogen and oxygen atoms in total. The smallest absolute Gasteiger partial charge is 0.206 e. The van der Waals surface area contributed by atoms with Gasteiger partial charge in [-0.2, -0.15) is 0 Å². The summed E-state index contributed by atoms with van der Waals surface area (Å²) in [5.41, 5.74) is 7.78. The average Bonchev–Trinajstić information content (AvgIpc) is 3.65. The van der Waals surface area contributed by atoms with E-state index in [9.17, 15) is 16.8 Å². The molecule has 0 heterocycles. The largest absolute Gasteiger partial charge is 0.486 e. The van der Waals surface area contributed by atoms with Crippen LogP contribution in [0.5, 0.6) is 17.2 Å². The molecule has 1 aliphatic rings. The number of fused-ring (bicyclic) bond motifs is 3. The molecule has 8 aromatic rings. The topological polar surface area (TPSA) is 86.7 Å². The van der Waals surface area contributed by atoms with Gasteiger partial charge in [0.05, 0.1) is 29.9 Å². The van der Waals surface area contributed by atoms with E-state index in [1.54, 1.807) is 72.8 Å². The van der Waals surface area contributed by atoms with E-state index in [1.807, 2.05) is 57.2 Å². The predicted octanol–water partition coefficient (Wildman–Crippen LogP) is 14.6. The molecule has 0 saturated heterocycles. The van der Waals surface area contributed by atoms with Crippen molar-refractivity contribution in [1.29, 1.82) is 0 Å². The molecule has 2 atom stereocenters. The van der Waals surface area contributed by atoms with E-state index < -0.39 is 30.0 Å². The molecular formula is C56H46Cl2O6S2. The zero-order valence-corrected chi connectivity index (χ0v) is 39.6. The Hall–Kier alpha value is -6.16. The first-order valence-corrected chi connectivity index (χ1v) is 25.5. The molecule has 1 aliphatic carbocycles. The summed E-state index contributed by atoms with van der Waals surface area (Å²) in [6.45, 7) is 5.95. The van der Waals surface area contributed by atoms with Crippen molar-refractivity contribution in [1.82, 2.24) is 0 Å². The van der Waals surface area contributed by atoms with E-state index in [2.05, 4.69) is 72.8 Å². The standard InChI is InChI=1S/C56H46Cl2O6S2/c1-4-54(38-14-30-46(31-15-38)65(59,60)48-34-22-42(57)23-35-48)64-45-26-18-41(19-27-45)56(52-12-8-6-10-50(52)51-11-7-9-13-53(51)56)40-16-24-43(25-17-40)63-44-28-36-49(37-29-44)66(61,62)47-32-20-39(21-33-47)55(3,58)5-2/h6-37,54H,4-5H2,1-3H3. The van der Waals surface area contributed by atoms with Gasteiger partial charge in [0.25, 0.3) is 0 Å². The van der Waals surface area contributed by atoms with Crippen LogP contribution in [0.2, 0.25) is 5.02 Å². The number of benzene rings is 8. The summed E-state index contributed by atoms with van der Waals surface area (Å²) in [7, 11) is -7.47. The fourth-order valence-corrected chi connectivity index (χ4v) is 11.7. The Morgan fingerprint density at radius 1 is 0.515 bits per heavy atom. The van der Waals surface area contributed by atoms with Crippen LogP contribution in [0.15, 0.2) is 214 Å². The minimum absolute atomic E-state index is 0.168. The van der Waals surface area contributed by atoms with Crippen LogP contribution in [0.1, 0.15) is 73.1 Å². The van der Waals surface area contributed by atoms with Crippen LogP contribution in [0.3, 0.4) is 0 Å². The molecule has 0 amide bonds. The van der Waals surface area contributed by atoms with Gasteiger partial charge in [0.15, 0.2) is 0 Å². The molecule has 0 N–H and O–H groups in total. The second-order valence-electron chi connectivity index (χ2n) is 16.6. The highest BCUT2D eigenvalue weighted by atomic mass is 35.5. The number of halogens is 2. The molecule has 2 unspecified atom stereocenters. The minimum atomic E-state index is -3.76. The molecule has 0 aromatic heterocycles. The number of rotatable bonds is 14. The van der Waals surface area contributed by atoms with Crippen molar-refractivity contribution < 1.29 is 26.3 Å². The van der Waals surface area contributed by atoms with Crippen LogP contribution >= 0.6 is 23.2 Å². The van der Waals surface area contributed by atoms with E-state index in [4.69, 9.17) is 32.7 Å². The van der Waals surface area contributed by atoms with Crippen molar-refractivity contribution in [2.24, 2.45) is 0 Å². The van der Waals surface area contributed by atoms with Crippen LogP contribution in [0.4, 0.5) is 0 Å². The number of ether oxygens (including phenoxy) is 2. The van der Waals surface area contributed by atoms with Crippen LogP contribution < -0.4 is 9.47 Å². The van der Waals surface area contributed by atoms with E-state index in [0.29, 0.717) is 35.1 Å². The maximum absolute atomic E-state index is 13.5. The lowest BCUT2D eigenvalue weighted by Gasteiger charge is -2.34. The third-order valence-corrected chi connectivity index (χ3v) is 17.0. The highest BCUT2D eigenvalue weighted by Gasteiger charge is 2.46. The van der Waals surface area contributed by atoms with Crippen LogP contribution in [-0.2, 0) is 30.0 Å². The van der Waals surface area contributed by atoms with E-state index in [-0.39, 0.29) is 25.7 Å². The van der Waals surface area contributed by atoms with E-state index >= 15 is 0 Å². The van der Waals surface area contributed by atoms with Crippen molar-refractivity contribution in [3.05, 3.63) is 233 Å². The Labute approximate surface area is 397 Å². The number of hydrogen-bond donors (Lipinski definition) is 0. The highest BCUT2D eigenvalue weighted by molar-refractivity contribution is 7.91. The zero-order chi connectivity index (χ0) is 46.3. The third kappa shape index (κ3) is 8.21. The Morgan fingerprint density at radius 2 is 0.909 bits per heavy atom. The van der Waals surface area contributed by atoms with Gasteiger partial charge < -0.3 is 9.47 Å². The molecule has 66 heavy (non-hydrogen) atoms. The van der Waals surface area contributed by atoms with Gasteiger partial charge >= 0.3 is 0 Å². The summed E-state index contributed by atoms with van der Waals surface area (Å²) in [5, 5.41) is 0.471. The Balaban J connectivity index is 0.981. The van der Waals surface area contributed by atoms with Gasteiger partial charge in [-0.3, -0.25) is 0 Å². The highest BCUT2D eigenvalue weighted by Crippen LogP contribution is 2.56. The fraction of sp³-hybridized carbons (Fsp3) is 0.143. The monoisotopic (exact) mass is 948 g/mol. The Kier molecular flexibility index (Phi) is 12.2. The molecule has 332 valence electrons.